The zero-order valence-electron chi connectivity index (χ0n) is 18.8. The van der Waals surface area contributed by atoms with Gasteiger partial charge in [0.1, 0.15) is 10.6 Å². The highest BCUT2D eigenvalue weighted by molar-refractivity contribution is 7.91. The second kappa shape index (κ2) is 9.97. The first-order valence-electron chi connectivity index (χ1n) is 10.00. The number of aryl methyl sites for hydroxylation is 3. The van der Waals surface area contributed by atoms with E-state index in [9.17, 15) is 23.1 Å². The van der Waals surface area contributed by atoms with Crippen molar-refractivity contribution in [2.75, 3.05) is 6.61 Å². The van der Waals surface area contributed by atoms with Crippen LogP contribution < -0.4 is 11.1 Å². The first-order valence-corrected chi connectivity index (χ1v) is 11.5. The fraction of sp³-hybridized carbons (Fsp3) is 0.304. The highest BCUT2D eigenvalue weighted by atomic mass is 32.2. The predicted octanol–water partition coefficient (Wildman–Crippen LogP) is 2.53. The quantitative estimate of drug-likeness (QED) is 0.464. The molecule has 0 saturated heterocycles. The van der Waals surface area contributed by atoms with Gasteiger partial charge in [0.25, 0.3) is 5.91 Å². The van der Waals surface area contributed by atoms with Gasteiger partial charge in [-0.25, -0.2) is 8.42 Å². The van der Waals surface area contributed by atoms with E-state index < -0.39 is 21.8 Å². The molecule has 0 bridgehead atoms. The van der Waals surface area contributed by atoms with Gasteiger partial charge in [-0.3, -0.25) is 9.59 Å². The van der Waals surface area contributed by atoms with Crippen LogP contribution in [0.4, 0.5) is 0 Å². The molecule has 1 atom stereocenters. The summed E-state index contributed by atoms with van der Waals surface area (Å²) in [6.07, 6.45) is 0. The smallest absolute Gasteiger partial charge is 0.269 e. The monoisotopic (exact) mass is 459 g/mol. The van der Waals surface area contributed by atoms with Gasteiger partial charge in [-0.05, 0) is 63.1 Å². The van der Waals surface area contributed by atoms with E-state index in [1.54, 1.807) is 31.2 Å². The van der Waals surface area contributed by atoms with Gasteiger partial charge in [0, 0.05) is 23.9 Å². The van der Waals surface area contributed by atoms with E-state index in [0.29, 0.717) is 10.9 Å². The standard InChI is InChI=1S/C21H24N2O4S.C2H5NO/c1-12-5-6-18-17(10-12)20(19(23-18)21(25)22-15(4)11-24)28(26,27)16-8-13(2)7-14(3)9-16;1-2(3)4/h5-10,15,23-24H,11H2,1-4H3,(H,22,25);1H3,(H2,3,4). The molecule has 8 nitrogen and oxygen atoms in total. The Kier molecular flexibility index (Phi) is 7.82. The third kappa shape index (κ3) is 5.74. The van der Waals surface area contributed by atoms with E-state index in [1.165, 1.54) is 6.92 Å². The number of amides is 2. The number of aromatic nitrogens is 1. The second-order valence-corrected chi connectivity index (χ2v) is 9.76. The van der Waals surface area contributed by atoms with Crippen molar-refractivity contribution in [3.63, 3.8) is 0 Å². The van der Waals surface area contributed by atoms with Crippen molar-refractivity contribution in [3.05, 3.63) is 58.8 Å². The lowest BCUT2D eigenvalue weighted by molar-refractivity contribution is -0.115. The first kappa shape index (κ1) is 25.1. The molecule has 2 amide bonds. The maximum Gasteiger partial charge on any atom is 0.269 e. The molecule has 0 aliphatic carbocycles. The summed E-state index contributed by atoms with van der Waals surface area (Å²) in [5.74, 6) is -0.904. The molecule has 0 spiro atoms. The molecule has 1 unspecified atom stereocenters. The van der Waals surface area contributed by atoms with Crippen LogP contribution in [0.25, 0.3) is 10.9 Å². The van der Waals surface area contributed by atoms with Crippen LogP contribution in [0.2, 0.25) is 0 Å². The Balaban J connectivity index is 0.000000837. The van der Waals surface area contributed by atoms with Crippen LogP contribution >= 0.6 is 0 Å². The van der Waals surface area contributed by atoms with Crippen LogP contribution in [0.1, 0.15) is 41.0 Å². The SMILES string of the molecule is CC(N)=O.Cc1cc(C)cc(S(=O)(=O)c2c(C(=O)NC(C)CO)[nH]c3ccc(C)cc23)c1. The molecule has 0 fully saturated rings. The normalized spacial score (nSPS) is 12.1. The molecule has 0 aliphatic rings. The van der Waals surface area contributed by atoms with Crippen molar-refractivity contribution in [3.8, 4) is 0 Å². The van der Waals surface area contributed by atoms with Gasteiger partial charge >= 0.3 is 0 Å². The summed E-state index contributed by atoms with van der Waals surface area (Å²) >= 11 is 0. The molecular weight excluding hydrogens is 430 g/mol. The Hall–Kier alpha value is -3.17. The van der Waals surface area contributed by atoms with Crippen LogP contribution in [0.15, 0.2) is 46.2 Å². The molecule has 0 saturated carbocycles. The molecule has 3 aromatic rings. The number of primary amides is 1. The van der Waals surface area contributed by atoms with E-state index in [-0.39, 0.29) is 28.0 Å². The van der Waals surface area contributed by atoms with Gasteiger partial charge in [-0.1, -0.05) is 17.7 Å². The Labute approximate surface area is 187 Å². The number of aromatic amines is 1. The lowest BCUT2D eigenvalue weighted by Crippen LogP contribution is -2.35. The molecule has 172 valence electrons. The Morgan fingerprint density at radius 2 is 1.62 bits per heavy atom. The molecule has 3 rings (SSSR count). The molecule has 32 heavy (non-hydrogen) atoms. The summed E-state index contributed by atoms with van der Waals surface area (Å²) in [4.78, 5) is 25.1. The predicted molar refractivity (Wildman–Crippen MR) is 123 cm³/mol. The molecule has 1 heterocycles. The third-order valence-electron chi connectivity index (χ3n) is 4.56. The fourth-order valence-corrected chi connectivity index (χ4v) is 5.06. The van der Waals surface area contributed by atoms with E-state index in [2.05, 4.69) is 16.0 Å². The zero-order chi connectivity index (χ0) is 24.2. The number of nitrogens with two attached hydrogens (primary N) is 1. The van der Waals surface area contributed by atoms with Gasteiger partial charge in [-0.15, -0.1) is 0 Å². The number of benzene rings is 2. The van der Waals surface area contributed by atoms with Gasteiger partial charge in [0.15, 0.2) is 0 Å². The summed E-state index contributed by atoms with van der Waals surface area (Å²) < 4.78 is 27.1. The van der Waals surface area contributed by atoms with Gasteiger partial charge < -0.3 is 21.1 Å². The molecule has 5 N–H and O–H groups in total. The highest BCUT2D eigenvalue weighted by Crippen LogP contribution is 2.33. The number of nitrogens with one attached hydrogen (secondary N) is 2. The van der Waals surface area contributed by atoms with Gasteiger partial charge in [0.2, 0.25) is 15.7 Å². The molecule has 9 heteroatoms. The third-order valence-corrected chi connectivity index (χ3v) is 6.38. The number of fused-ring (bicyclic) bond motifs is 1. The summed E-state index contributed by atoms with van der Waals surface area (Å²) in [6, 6.07) is 9.98. The molecule has 0 aliphatic heterocycles. The summed E-state index contributed by atoms with van der Waals surface area (Å²) in [5, 5.41) is 12.3. The van der Waals surface area contributed by atoms with Crippen LogP contribution in [0, 0.1) is 20.8 Å². The van der Waals surface area contributed by atoms with Crippen LogP contribution in [-0.2, 0) is 14.6 Å². The van der Waals surface area contributed by atoms with Crippen molar-refractivity contribution in [2.24, 2.45) is 5.73 Å². The van der Waals surface area contributed by atoms with Crippen molar-refractivity contribution in [1.82, 2.24) is 10.3 Å². The number of hydrogen-bond donors (Lipinski definition) is 4. The van der Waals surface area contributed by atoms with E-state index >= 15 is 0 Å². The highest BCUT2D eigenvalue weighted by Gasteiger charge is 2.30. The fourth-order valence-electron chi connectivity index (χ4n) is 3.27. The topological polar surface area (TPSA) is 142 Å². The largest absolute Gasteiger partial charge is 0.394 e. The minimum atomic E-state index is -3.96. The number of aliphatic hydroxyl groups excluding tert-OH is 1. The van der Waals surface area contributed by atoms with Crippen molar-refractivity contribution in [2.45, 2.75) is 50.5 Å². The molecular formula is C23H29N3O5S. The Bertz CT molecular complexity index is 1240. The lowest BCUT2D eigenvalue weighted by Gasteiger charge is -2.12. The molecule has 1 aromatic heterocycles. The number of hydrogen-bond acceptors (Lipinski definition) is 5. The summed E-state index contributed by atoms with van der Waals surface area (Å²) in [6.45, 7) is 8.24. The average molecular weight is 460 g/mol. The minimum absolute atomic E-state index is 0.0277. The van der Waals surface area contributed by atoms with E-state index in [0.717, 1.165) is 16.7 Å². The average Bonchev–Trinajstić information content (AvgIpc) is 3.06. The Morgan fingerprint density at radius 3 is 2.16 bits per heavy atom. The number of sulfone groups is 1. The zero-order valence-corrected chi connectivity index (χ0v) is 19.6. The van der Waals surface area contributed by atoms with Crippen LogP contribution in [0.5, 0.6) is 0 Å². The maximum absolute atomic E-state index is 13.6. The lowest BCUT2D eigenvalue weighted by atomic mass is 10.2. The Morgan fingerprint density at radius 1 is 1.06 bits per heavy atom. The second-order valence-electron chi connectivity index (χ2n) is 7.87. The number of H-pyrrole nitrogens is 1. The van der Waals surface area contributed by atoms with Crippen molar-refractivity contribution in [1.29, 1.82) is 0 Å². The van der Waals surface area contributed by atoms with Crippen LogP contribution in [-0.4, -0.2) is 43.0 Å². The number of aliphatic hydroxyl groups is 1. The van der Waals surface area contributed by atoms with E-state index in [1.807, 2.05) is 32.9 Å². The maximum atomic E-state index is 13.6. The van der Waals surface area contributed by atoms with Crippen molar-refractivity contribution < 1.29 is 23.1 Å². The summed E-state index contributed by atoms with van der Waals surface area (Å²) in [5.41, 5.74) is 7.55. The van der Waals surface area contributed by atoms with Crippen LogP contribution in [0.3, 0.4) is 0 Å². The number of carbonyl (C=O) groups is 2. The molecule has 0 radical (unpaired) electrons. The van der Waals surface area contributed by atoms with Crippen molar-refractivity contribution >= 4 is 32.6 Å². The first-order chi connectivity index (χ1) is 14.9. The number of rotatable bonds is 5. The molecule has 2 aromatic carbocycles. The summed E-state index contributed by atoms with van der Waals surface area (Å²) in [7, 11) is -3.96. The van der Waals surface area contributed by atoms with Gasteiger partial charge in [-0.2, -0.15) is 0 Å². The van der Waals surface area contributed by atoms with E-state index in [4.69, 9.17) is 0 Å². The van der Waals surface area contributed by atoms with Gasteiger partial charge in [0.05, 0.1) is 11.5 Å². The number of carbonyl (C=O) groups excluding carboxylic acids is 2. The minimum Gasteiger partial charge on any atom is -0.394 e.